The molecule has 1 amide bonds. The molecule has 1 aromatic carbocycles. The summed E-state index contributed by atoms with van der Waals surface area (Å²) in [5, 5.41) is 49.4. The van der Waals surface area contributed by atoms with Crippen molar-refractivity contribution < 1.29 is 34.8 Å². The molecule has 0 radical (unpaired) electrons. The van der Waals surface area contributed by atoms with Gasteiger partial charge in [-0.25, -0.2) is 0 Å². The quantitative estimate of drug-likeness (QED) is 0.239. The standard InChI is InChI=1S/C30H42N4O7S/c1-33(2)19-11-16(13-32-12-14-5-7-42-8-6-14)24(35)21-17(19)9-15-10-18-23(34(3)4)26(37)22(29(31)40)28(39)30(18,41)27(38)20(15)25(21)36/h11,14-15,18,22-23,26,32,35-37,41H,5-10,12-13H2,1-4H3,(H2,31,40)/t15-,18-,22?,23?,26?,30-/m0/s1. The molecule has 0 bridgehead atoms. The summed E-state index contributed by atoms with van der Waals surface area (Å²) in [6.07, 6.45) is 1.12. The summed E-state index contributed by atoms with van der Waals surface area (Å²) in [6.45, 7) is 1.16. The van der Waals surface area contributed by atoms with Crippen molar-refractivity contribution in [2.75, 3.05) is 51.1 Å². The average Bonchev–Trinajstić information content (AvgIpc) is 2.92. The minimum atomic E-state index is -2.66. The summed E-state index contributed by atoms with van der Waals surface area (Å²) in [5.74, 6) is -4.50. The molecule has 0 aromatic heterocycles. The number of carbonyl (C=O) groups excluding carboxylic acids is 3. The number of hydrogen-bond acceptors (Lipinski definition) is 11. The number of aliphatic hydroxyl groups is 3. The van der Waals surface area contributed by atoms with Crippen LogP contribution in [0.15, 0.2) is 11.6 Å². The van der Waals surface area contributed by atoms with E-state index in [9.17, 15) is 34.8 Å². The molecule has 230 valence electrons. The lowest BCUT2D eigenvalue weighted by Gasteiger charge is -2.53. The Morgan fingerprint density at radius 3 is 2.43 bits per heavy atom. The molecule has 4 aliphatic rings. The number of anilines is 1. The van der Waals surface area contributed by atoms with Crippen molar-refractivity contribution in [2.24, 2.45) is 29.4 Å². The van der Waals surface area contributed by atoms with Crippen LogP contribution in [0.5, 0.6) is 5.75 Å². The van der Waals surface area contributed by atoms with Crippen LogP contribution in [-0.2, 0) is 27.3 Å². The van der Waals surface area contributed by atoms with Crippen molar-refractivity contribution in [1.29, 1.82) is 0 Å². The van der Waals surface area contributed by atoms with Crippen molar-refractivity contribution in [3.05, 3.63) is 28.3 Å². The Bertz CT molecular complexity index is 1320. The number of aliphatic hydroxyl groups excluding tert-OH is 2. The van der Waals surface area contributed by atoms with E-state index in [1.165, 1.54) is 0 Å². The number of aromatic hydroxyl groups is 1. The van der Waals surface area contributed by atoms with Gasteiger partial charge < -0.3 is 41.3 Å². The number of nitrogens with one attached hydrogen (secondary N) is 1. The molecule has 1 aromatic rings. The van der Waals surface area contributed by atoms with Gasteiger partial charge in [0.25, 0.3) is 0 Å². The zero-order chi connectivity index (χ0) is 30.7. The predicted octanol–water partition coefficient (Wildman–Crippen LogP) is 0.428. The number of nitrogens with two attached hydrogens (primary N) is 1. The van der Waals surface area contributed by atoms with E-state index in [2.05, 4.69) is 5.32 Å². The number of phenols is 1. The van der Waals surface area contributed by atoms with E-state index < -0.39 is 58.7 Å². The van der Waals surface area contributed by atoms with Crippen LogP contribution < -0.4 is 16.0 Å². The molecule has 11 nitrogen and oxygen atoms in total. The Labute approximate surface area is 250 Å². The van der Waals surface area contributed by atoms with Crippen LogP contribution in [0.3, 0.4) is 0 Å². The van der Waals surface area contributed by atoms with Crippen molar-refractivity contribution in [3.8, 4) is 5.75 Å². The lowest BCUT2D eigenvalue weighted by Crippen LogP contribution is -2.73. The van der Waals surface area contributed by atoms with Crippen LogP contribution >= 0.6 is 11.8 Å². The monoisotopic (exact) mass is 602 g/mol. The van der Waals surface area contributed by atoms with E-state index in [-0.39, 0.29) is 29.7 Å². The summed E-state index contributed by atoms with van der Waals surface area (Å²) in [5.41, 5.74) is 4.78. The number of likely N-dealkylation sites (N-methyl/N-ethyl adjacent to an activating group) is 1. The van der Waals surface area contributed by atoms with Gasteiger partial charge in [0.05, 0.1) is 11.7 Å². The second-order valence-electron chi connectivity index (χ2n) is 12.6. The third-order valence-corrected chi connectivity index (χ3v) is 10.8. The van der Waals surface area contributed by atoms with Gasteiger partial charge in [-0.15, -0.1) is 0 Å². The molecular formula is C30H42N4O7S. The number of primary amides is 1. The number of phenolic OH excluding ortho intramolecular Hbond substituents is 1. The fraction of sp³-hybridized carbons (Fsp3) is 0.633. The highest BCUT2D eigenvalue weighted by Crippen LogP contribution is 2.53. The van der Waals surface area contributed by atoms with Crippen molar-refractivity contribution >= 4 is 40.7 Å². The van der Waals surface area contributed by atoms with Gasteiger partial charge in [0.2, 0.25) is 11.7 Å². The third-order valence-electron chi connectivity index (χ3n) is 9.72. The molecular weight excluding hydrogens is 560 g/mol. The van der Waals surface area contributed by atoms with E-state index in [4.69, 9.17) is 5.73 Å². The second-order valence-corrected chi connectivity index (χ2v) is 13.9. The van der Waals surface area contributed by atoms with Crippen LogP contribution in [0.1, 0.15) is 36.0 Å². The average molecular weight is 603 g/mol. The highest BCUT2D eigenvalue weighted by atomic mass is 32.2. The van der Waals surface area contributed by atoms with Crippen LogP contribution in [0.25, 0.3) is 5.76 Å². The van der Waals surface area contributed by atoms with Crippen molar-refractivity contribution in [3.63, 3.8) is 0 Å². The molecule has 0 spiro atoms. The zero-order valence-electron chi connectivity index (χ0n) is 24.6. The summed E-state index contributed by atoms with van der Waals surface area (Å²) in [6, 6.07) is 0.975. The van der Waals surface area contributed by atoms with Gasteiger partial charge in [0, 0.05) is 49.4 Å². The van der Waals surface area contributed by atoms with Gasteiger partial charge in [-0.3, -0.25) is 14.4 Å². The summed E-state index contributed by atoms with van der Waals surface area (Å²) in [4.78, 5) is 43.4. The largest absolute Gasteiger partial charge is 0.507 e. The Kier molecular flexibility index (Phi) is 8.40. The molecule has 12 heteroatoms. The fourth-order valence-corrected chi connectivity index (χ4v) is 8.81. The molecule has 2 saturated carbocycles. The van der Waals surface area contributed by atoms with Gasteiger partial charge in [-0.05, 0) is 81.3 Å². The first-order valence-corrected chi connectivity index (χ1v) is 15.7. The summed E-state index contributed by atoms with van der Waals surface area (Å²) >= 11 is 1.96. The molecule has 42 heavy (non-hydrogen) atoms. The van der Waals surface area contributed by atoms with E-state index in [0.29, 0.717) is 23.6 Å². The molecule has 6 atom stereocenters. The van der Waals surface area contributed by atoms with E-state index >= 15 is 0 Å². The first-order chi connectivity index (χ1) is 19.8. The Morgan fingerprint density at radius 1 is 1.17 bits per heavy atom. The Morgan fingerprint density at radius 2 is 1.83 bits per heavy atom. The molecule has 1 heterocycles. The normalized spacial score (nSPS) is 31.5. The number of benzene rings is 1. The number of fused-ring (bicyclic) bond motifs is 3. The second kappa shape index (κ2) is 11.5. The maximum Gasteiger partial charge on any atom is 0.230 e. The lowest BCUT2D eigenvalue weighted by molar-refractivity contribution is -0.184. The molecule has 7 N–H and O–H groups in total. The third kappa shape index (κ3) is 4.81. The SMILES string of the molecule is CN(C)c1cc(CNCC2CCSCC2)c(O)c2c1C[C@H]1C[C@H]3C(N(C)C)C(O)C(C(N)=O)C(=O)[C@@]3(O)C(=O)C1=C2O. The highest BCUT2D eigenvalue weighted by Gasteiger charge is 2.67. The van der Waals surface area contributed by atoms with Gasteiger partial charge in [0.1, 0.15) is 17.4 Å². The van der Waals surface area contributed by atoms with Gasteiger partial charge in [0.15, 0.2) is 11.4 Å². The van der Waals surface area contributed by atoms with Crippen LogP contribution in [0.4, 0.5) is 5.69 Å². The van der Waals surface area contributed by atoms with E-state index in [0.717, 1.165) is 36.6 Å². The smallest absolute Gasteiger partial charge is 0.230 e. The Hall–Kier alpha value is -2.64. The number of Topliss-reactive ketones (excluding diaryl/α,β-unsaturated/α-hetero) is 2. The number of nitrogens with zero attached hydrogens (tertiary/aromatic N) is 2. The topological polar surface area (TPSA) is 177 Å². The van der Waals surface area contributed by atoms with Crippen LogP contribution in [-0.4, -0.2) is 107 Å². The number of carbonyl (C=O) groups is 3. The van der Waals surface area contributed by atoms with Crippen molar-refractivity contribution in [1.82, 2.24) is 10.2 Å². The predicted molar refractivity (Wildman–Crippen MR) is 160 cm³/mol. The number of amides is 1. The minimum Gasteiger partial charge on any atom is -0.507 e. The Balaban J connectivity index is 1.57. The zero-order valence-corrected chi connectivity index (χ0v) is 25.4. The molecule has 3 fully saturated rings. The number of rotatable bonds is 7. The van der Waals surface area contributed by atoms with Crippen LogP contribution in [0.2, 0.25) is 0 Å². The van der Waals surface area contributed by atoms with Crippen LogP contribution in [0, 0.1) is 23.7 Å². The number of hydrogen-bond donors (Lipinski definition) is 6. The molecule has 1 saturated heterocycles. The summed E-state index contributed by atoms with van der Waals surface area (Å²) in [7, 11) is 7.01. The van der Waals surface area contributed by atoms with Gasteiger partial charge >= 0.3 is 0 Å². The number of thioether (sulfide) groups is 1. The molecule has 1 aliphatic heterocycles. The van der Waals surface area contributed by atoms with Gasteiger partial charge in [-0.2, -0.15) is 11.8 Å². The van der Waals surface area contributed by atoms with Gasteiger partial charge in [-0.1, -0.05) is 0 Å². The molecule has 3 aliphatic carbocycles. The minimum absolute atomic E-state index is 0.0921. The van der Waals surface area contributed by atoms with Crippen molar-refractivity contribution in [2.45, 2.75) is 50.0 Å². The first kappa shape index (κ1) is 30.8. The lowest BCUT2D eigenvalue weighted by atomic mass is 9.54. The van der Waals surface area contributed by atoms with E-state index in [1.54, 1.807) is 19.0 Å². The first-order valence-electron chi connectivity index (χ1n) is 14.5. The summed E-state index contributed by atoms with van der Waals surface area (Å²) < 4.78 is 0. The molecule has 3 unspecified atom stereocenters. The highest BCUT2D eigenvalue weighted by molar-refractivity contribution is 7.99. The molecule has 5 rings (SSSR count). The maximum absolute atomic E-state index is 14.1. The van der Waals surface area contributed by atoms with E-state index in [1.807, 2.05) is 36.8 Å². The number of ketones is 2. The fourth-order valence-electron chi connectivity index (χ4n) is 7.60. The maximum atomic E-state index is 14.1.